The van der Waals surface area contributed by atoms with Gasteiger partial charge in [-0.2, -0.15) is 0 Å². The van der Waals surface area contributed by atoms with Crippen LogP contribution < -0.4 is 24.8 Å². The zero-order valence-electron chi connectivity index (χ0n) is 17.5. The van der Waals surface area contributed by atoms with Crippen molar-refractivity contribution in [2.75, 3.05) is 0 Å². The molecular weight excluding hydrogens is 570 g/mol. The molecule has 27 heavy (non-hydrogen) atoms. The Kier molecular flexibility index (Phi) is 8.33. The van der Waals surface area contributed by atoms with Gasteiger partial charge in [-0.15, -0.1) is 0 Å². The molecule has 0 aromatic carbocycles. The van der Waals surface area contributed by atoms with E-state index >= 15 is 0 Å². The summed E-state index contributed by atoms with van der Waals surface area (Å²) >= 11 is -0.893. The van der Waals surface area contributed by atoms with Crippen molar-refractivity contribution in [1.82, 2.24) is 0 Å². The van der Waals surface area contributed by atoms with Crippen molar-refractivity contribution < 1.29 is 47.7 Å². The number of rotatable bonds is 6. The average Bonchev–Trinajstić information content (AvgIpc) is 3.15. The van der Waals surface area contributed by atoms with Crippen LogP contribution in [0.2, 0.25) is 37.3 Å². The van der Waals surface area contributed by atoms with Gasteiger partial charge in [-0.05, 0) is 0 Å². The van der Waals surface area contributed by atoms with E-state index in [1.54, 1.807) is 24.2 Å². The first-order chi connectivity index (χ1) is 12.0. The maximum absolute atomic E-state index is 2.72. The molecule has 0 amide bonds. The monoisotopic (exact) mass is 604 g/mol. The summed E-state index contributed by atoms with van der Waals surface area (Å²) in [4.78, 5) is 0. The number of halogens is 2. The van der Waals surface area contributed by atoms with Crippen LogP contribution >= 0.6 is 0 Å². The molecular formula is C22H34Cl2HfSi2. The molecule has 0 aromatic heterocycles. The predicted molar refractivity (Wildman–Crippen MR) is 112 cm³/mol. The first-order valence-corrected chi connectivity index (χ1v) is 20.1. The maximum Gasteiger partial charge on any atom is -1.00 e. The third-order valence-electron chi connectivity index (χ3n) is 7.67. The van der Waals surface area contributed by atoms with Crippen molar-refractivity contribution in [2.45, 2.75) is 89.6 Å². The largest absolute Gasteiger partial charge is 1.00 e. The molecule has 0 atom stereocenters. The van der Waals surface area contributed by atoms with Crippen LogP contribution in [0.5, 0.6) is 0 Å². The van der Waals surface area contributed by atoms with Crippen LogP contribution in [0, 0.1) is 0 Å². The normalized spacial score (nSPS) is 24.9. The Hall–Kier alpha value is 0.844. The van der Waals surface area contributed by atoms with E-state index in [9.17, 15) is 0 Å². The average molecular weight is 604 g/mol. The fourth-order valence-corrected chi connectivity index (χ4v) is 25.4. The van der Waals surface area contributed by atoms with Gasteiger partial charge in [0, 0.05) is 0 Å². The molecule has 4 aliphatic rings. The minimum absolute atomic E-state index is 0. The molecule has 5 heteroatoms. The van der Waals surface area contributed by atoms with Gasteiger partial charge in [-0.25, -0.2) is 0 Å². The fraction of sp³-hybridized carbons (Fsp3) is 0.636. The summed E-state index contributed by atoms with van der Waals surface area (Å²) in [6.45, 7) is 10.2. The van der Waals surface area contributed by atoms with Crippen LogP contribution in [-0.4, -0.2) is 16.1 Å². The SMILES string of the molecule is CCC1=[C]([Hf+2][C]2=C(CC)CC=C2[Si]2(C)CCC2)C([Si]2(C)CCC2)=CC1.[Cl-].[Cl-]. The van der Waals surface area contributed by atoms with Crippen LogP contribution in [-0.2, 0) is 22.9 Å². The first-order valence-electron chi connectivity index (χ1n) is 10.6. The second-order valence-corrected chi connectivity index (χ2v) is 23.1. The van der Waals surface area contributed by atoms with E-state index in [1.165, 1.54) is 38.5 Å². The van der Waals surface area contributed by atoms with E-state index < -0.39 is 39.1 Å². The third kappa shape index (κ3) is 4.20. The Morgan fingerprint density at radius 3 is 1.37 bits per heavy atom. The van der Waals surface area contributed by atoms with E-state index in [1.807, 2.05) is 28.2 Å². The molecule has 0 unspecified atom stereocenters. The molecule has 2 saturated heterocycles. The van der Waals surface area contributed by atoms with E-state index in [4.69, 9.17) is 0 Å². The molecule has 2 fully saturated rings. The zero-order chi connectivity index (χ0) is 17.7. The van der Waals surface area contributed by atoms with Gasteiger partial charge in [-0.3, -0.25) is 0 Å². The summed E-state index contributed by atoms with van der Waals surface area (Å²) in [6.07, 6.45) is 13.7. The van der Waals surface area contributed by atoms with Crippen molar-refractivity contribution in [2.24, 2.45) is 0 Å². The van der Waals surface area contributed by atoms with Crippen LogP contribution in [0.4, 0.5) is 0 Å². The van der Waals surface area contributed by atoms with Crippen LogP contribution in [0.25, 0.3) is 0 Å². The Bertz CT molecular complexity index is 650. The molecule has 0 spiro atoms. The molecule has 2 aliphatic carbocycles. The molecule has 148 valence electrons. The summed E-state index contributed by atoms with van der Waals surface area (Å²) < 4.78 is 4.06. The fourth-order valence-electron chi connectivity index (χ4n) is 5.37. The number of hydrogen-bond acceptors (Lipinski definition) is 0. The smallest absolute Gasteiger partial charge is 1.00 e. The van der Waals surface area contributed by atoms with Gasteiger partial charge in [0.15, 0.2) is 0 Å². The predicted octanol–water partition coefficient (Wildman–Crippen LogP) is 1.11. The van der Waals surface area contributed by atoms with E-state index in [2.05, 4.69) is 39.1 Å². The van der Waals surface area contributed by atoms with Crippen LogP contribution in [0.15, 0.2) is 40.4 Å². The van der Waals surface area contributed by atoms with E-state index in [0.717, 1.165) is 0 Å². The van der Waals surface area contributed by atoms with Crippen molar-refractivity contribution in [3.05, 3.63) is 40.4 Å². The summed E-state index contributed by atoms with van der Waals surface area (Å²) in [6, 6.07) is 6.32. The molecule has 0 bridgehead atoms. The topological polar surface area (TPSA) is 0 Å². The molecule has 0 aromatic rings. The minimum Gasteiger partial charge on any atom is -1.00 e. The van der Waals surface area contributed by atoms with Crippen molar-refractivity contribution in [3.63, 3.8) is 0 Å². The van der Waals surface area contributed by atoms with Gasteiger partial charge in [0.05, 0.1) is 0 Å². The quantitative estimate of drug-likeness (QED) is 0.399. The van der Waals surface area contributed by atoms with Gasteiger partial charge in [0.2, 0.25) is 0 Å². The molecule has 2 aliphatic heterocycles. The van der Waals surface area contributed by atoms with Crippen molar-refractivity contribution in [1.29, 1.82) is 0 Å². The van der Waals surface area contributed by atoms with Crippen LogP contribution in [0.1, 0.15) is 52.4 Å². The maximum atomic E-state index is 2.72. The van der Waals surface area contributed by atoms with Gasteiger partial charge in [0.1, 0.15) is 0 Å². The van der Waals surface area contributed by atoms with E-state index in [-0.39, 0.29) is 24.8 Å². The van der Waals surface area contributed by atoms with E-state index in [0.29, 0.717) is 0 Å². The molecule has 0 radical (unpaired) electrons. The minimum atomic E-state index is -1.03. The summed E-state index contributed by atoms with van der Waals surface area (Å²) in [5, 5.41) is 3.96. The van der Waals surface area contributed by atoms with Crippen molar-refractivity contribution >= 4 is 16.1 Å². The molecule has 0 saturated carbocycles. The molecule has 0 nitrogen and oxygen atoms in total. The van der Waals surface area contributed by atoms with Gasteiger partial charge < -0.3 is 24.8 Å². The summed E-state index contributed by atoms with van der Waals surface area (Å²) in [5.41, 5.74) is 3.74. The molecule has 4 rings (SSSR count). The Morgan fingerprint density at radius 1 is 0.741 bits per heavy atom. The number of hydrogen-bond donors (Lipinski definition) is 0. The summed E-state index contributed by atoms with van der Waals surface area (Å²) in [7, 11) is -2.06. The standard InChI is InChI=1S/2C11H17Si.2ClH.Hf/c2*1-3-10-5-6-11(9-10)12(2)7-4-8-12;;;/h2*6H,3-5,7-8H2,1-2H3;2*1H;/q;;;;+2/p-2. The van der Waals surface area contributed by atoms with Crippen molar-refractivity contribution in [3.8, 4) is 0 Å². The second kappa shape index (κ2) is 9.33. The first kappa shape index (κ1) is 24.1. The van der Waals surface area contributed by atoms with Crippen LogP contribution in [0.3, 0.4) is 0 Å². The zero-order valence-corrected chi connectivity index (χ0v) is 24.6. The summed E-state index contributed by atoms with van der Waals surface area (Å²) in [5.74, 6) is 0. The Morgan fingerprint density at radius 2 is 1.11 bits per heavy atom. The van der Waals surface area contributed by atoms with Gasteiger partial charge >= 0.3 is 169 Å². The number of allylic oxidation sites excluding steroid dienone is 8. The second-order valence-electron chi connectivity index (χ2n) is 9.26. The van der Waals surface area contributed by atoms with Gasteiger partial charge in [0.25, 0.3) is 0 Å². The third-order valence-corrected chi connectivity index (χ3v) is 25.1. The van der Waals surface area contributed by atoms with Gasteiger partial charge in [-0.1, -0.05) is 0 Å². The molecule has 2 heterocycles. The Labute approximate surface area is 192 Å². The Balaban J connectivity index is 0.00000131. The molecule has 0 N–H and O–H groups in total.